The predicted molar refractivity (Wildman–Crippen MR) is 68.0 cm³/mol. The van der Waals surface area contributed by atoms with E-state index in [2.05, 4.69) is 4.98 Å². The van der Waals surface area contributed by atoms with Gasteiger partial charge in [-0.25, -0.2) is 0 Å². The summed E-state index contributed by atoms with van der Waals surface area (Å²) in [5.41, 5.74) is 0.929. The van der Waals surface area contributed by atoms with Crippen molar-refractivity contribution in [1.82, 2.24) is 9.88 Å². The van der Waals surface area contributed by atoms with Crippen LogP contribution < -0.4 is 0 Å². The lowest BCUT2D eigenvalue weighted by Crippen LogP contribution is -2.33. The second-order valence-corrected chi connectivity index (χ2v) is 3.83. The van der Waals surface area contributed by atoms with Gasteiger partial charge in [0.1, 0.15) is 0 Å². The molecule has 0 aliphatic rings. The van der Waals surface area contributed by atoms with Gasteiger partial charge in [-0.15, -0.1) is 0 Å². The van der Waals surface area contributed by atoms with Crippen molar-refractivity contribution in [1.29, 1.82) is 0 Å². The Labute approximate surface area is 108 Å². The second kappa shape index (κ2) is 8.60. The van der Waals surface area contributed by atoms with Gasteiger partial charge in [0.05, 0.1) is 25.5 Å². The minimum atomic E-state index is -0.218. The highest BCUT2D eigenvalue weighted by molar-refractivity contribution is 5.71. The molecule has 0 atom stereocenters. The molecule has 18 heavy (non-hydrogen) atoms. The van der Waals surface area contributed by atoms with Gasteiger partial charge < -0.3 is 9.47 Å². The van der Waals surface area contributed by atoms with Crippen LogP contribution >= 0.6 is 0 Å². The van der Waals surface area contributed by atoms with Crippen LogP contribution in [0.25, 0.3) is 0 Å². The Balaban J connectivity index is 2.52. The number of esters is 1. The van der Waals surface area contributed by atoms with Gasteiger partial charge in [0.25, 0.3) is 0 Å². The predicted octanol–water partition coefficient (Wildman–Crippen LogP) is 1.09. The van der Waals surface area contributed by atoms with Gasteiger partial charge in [-0.2, -0.15) is 0 Å². The zero-order valence-corrected chi connectivity index (χ0v) is 11.0. The number of carbonyl (C=O) groups is 1. The van der Waals surface area contributed by atoms with E-state index in [-0.39, 0.29) is 12.5 Å². The number of pyridine rings is 1. The molecular formula is C13H20N2O3. The van der Waals surface area contributed by atoms with Crippen molar-refractivity contribution in [2.75, 3.05) is 33.4 Å². The summed E-state index contributed by atoms with van der Waals surface area (Å²) in [6.45, 7) is 4.32. The molecule has 1 aromatic heterocycles. The lowest BCUT2D eigenvalue weighted by Gasteiger charge is -2.20. The van der Waals surface area contributed by atoms with Gasteiger partial charge in [0, 0.05) is 26.4 Å². The van der Waals surface area contributed by atoms with E-state index in [1.165, 1.54) is 0 Å². The summed E-state index contributed by atoms with van der Waals surface area (Å²) in [5.74, 6) is -0.218. The normalized spacial score (nSPS) is 10.6. The van der Waals surface area contributed by atoms with Crippen LogP contribution in [-0.2, 0) is 20.8 Å². The fourth-order valence-electron chi connectivity index (χ4n) is 1.54. The molecule has 0 unspecified atom stereocenters. The lowest BCUT2D eigenvalue weighted by molar-refractivity contribution is -0.144. The average Bonchev–Trinajstić information content (AvgIpc) is 2.37. The van der Waals surface area contributed by atoms with Crippen molar-refractivity contribution < 1.29 is 14.3 Å². The number of rotatable bonds is 8. The molecule has 0 saturated carbocycles. The molecule has 1 heterocycles. The Morgan fingerprint density at radius 2 is 2.28 bits per heavy atom. The number of aromatic nitrogens is 1. The minimum absolute atomic E-state index is 0.218. The third-order valence-electron chi connectivity index (χ3n) is 2.38. The Bertz CT molecular complexity index is 343. The van der Waals surface area contributed by atoms with Crippen molar-refractivity contribution in [3.8, 4) is 0 Å². The van der Waals surface area contributed by atoms with Gasteiger partial charge >= 0.3 is 5.97 Å². The Hall–Kier alpha value is -1.46. The fourth-order valence-corrected chi connectivity index (χ4v) is 1.54. The van der Waals surface area contributed by atoms with Gasteiger partial charge in [-0.1, -0.05) is 6.07 Å². The molecule has 1 aromatic rings. The van der Waals surface area contributed by atoms with E-state index >= 15 is 0 Å². The number of nitrogens with zero attached hydrogens (tertiary/aromatic N) is 2. The first-order valence-corrected chi connectivity index (χ1v) is 6.03. The van der Waals surface area contributed by atoms with E-state index in [0.717, 1.165) is 5.69 Å². The van der Waals surface area contributed by atoms with Crippen molar-refractivity contribution >= 4 is 5.97 Å². The average molecular weight is 252 g/mol. The molecule has 0 saturated heterocycles. The molecule has 0 aromatic carbocycles. The van der Waals surface area contributed by atoms with Crippen molar-refractivity contribution in [3.63, 3.8) is 0 Å². The molecule has 0 spiro atoms. The molecule has 0 N–H and O–H groups in total. The lowest BCUT2D eigenvalue weighted by atomic mass is 10.3. The molecule has 5 heteroatoms. The topological polar surface area (TPSA) is 51.7 Å². The summed E-state index contributed by atoms with van der Waals surface area (Å²) < 4.78 is 9.99. The molecule has 0 amide bonds. The molecule has 0 aliphatic carbocycles. The van der Waals surface area contributed by atoms with Gasteiger partial charge in [-0.05, 0) is 19.1 Å². The highest BCUT2D eigenvalue weighted by Gasteiger charge is 2.12. The van der Waals surface area contributed by atoms with Crippen LogP contribution in [0.1, 0.15) is 12.6 Å². The van der Waals surface area contributed by atoms with E-state index in [0.29, 0.717) is 26.3 Å². The Kier molecular flexibility index (Phi) is 6.98. The van der Waals surface area contributed by atoms with Crippen LogP contribution in [0.15, 0.2) is 24.4 Å². The molecule has 5 nitrogen and oxygen atoms in total. The number of ether oxygens (including phenoxy) is 2. The summed E-state index contributed by atoms with van der Waals surface area (Å²) in [4.78, 5) is 17.7. The first-order valence-electron chi connectivity index (χ1n) is 6.03. The van der Waals surface area contributed by atoms with Crippen molar-refractivity contribution in [2.45, 2.75) is 13.5 Å². The molecule has 0 fully saturated rings. The van der Waals surface area contributed by atoms with E-state index in [1.54, 1.807) is 20.2 Å². The summed E-state index contributed by atoms with van der Waals surface area (Å²) >= 11 is 0. The highest BCUT2D eigenvalue weighted by Crippen LogP contribution is 2.01. The van der Waals surface area contributed by atoms with Gasteiger partial charge in [0.15, 0.2) is 0 Å². The van der Waals surface area contributed by atoms with E-state index in [9.17, 15) is 4.79 Å². The summed E-state index contributed by atoms with van der Waals surface area (Å²) in [7, 11) is 1.64. The summed E-state index contributed by atoms with van der Waals surface area (Å²) in [5, 5.41) is 0. The first-order chi connectivity index (χ1) is 8.76. The van der Waals surface area contributed by atoms with Crippen LogP contribution in [0.2, 0.25) is 0 Å². The van der Waals surface area contributed by atoms with Crippen LogP contribution in [0.5, 0.6) is 0 Å². The molecule has 0 aliphatic heterocycles. The van der Waals surface area contributed by atoms with E-state index in [4.69, 9.17) is 9.47 Å². The zero-order valence-electron chi connectivity index (χ0n) is 11.0. The number of hydrogen-bond acceptors (Lipinski definition) is 5. The maximum atomic E-state index is 11.5. The molecule has 100 valence electrons. The number of methoxy groups -OCH3 is 1. The van der Waals surface area contributed by atoms with Gasteiger partial charge in [0.2, 0.25) is 0 Å². The van der Waals surface area contributed by atoms with E-state index in [1.807, 2.05) is 23.1 Å². The van der Waals surface area contributed by atoms with Crippen molar-refractivity contribution in [3.05, 3.63) is 30.1 Å². The monoisotopic (exact) mass is 252 g/mol. The van der Waals surface area contributed by atoms with Crippen LogP contribution in [0, 0.1) is 0 Å². The largest absolute Gasteiger partial charge is 0.465 e. The zero-order chi connectivity index (χ0) is 13.2. The summed E-state index contributed by atoms with van der Waals surface area (Å²) in [6.07, 6.45) is 1.74. The van der Waals surface area contributed by atoms with Crippen molar-refractivity contribution in [2.24, 2.45) is 0 Å². The number of carbonyl (C=O) groups excluding carboxylic acids is 1. The quantitative estimate of drug-likeness (QED) is 0.648. The molecular weight excluding hydrogens is 232 g/mol. The Morgan fingerprint density at radius 3 is 2.89 bits per heavy atom. The SMILES string of the molecule is CCOC(=O)CN(CCOC)Cc1ccccn1. The second-order valence-electron chi connectivity index (χ2n) is 3.83. The molecule has 0 radical (unpaired) electrons. The number of hydrogen-bond donors (Lipinski definition) is 0. The van der Waals surface area contributed by atoms with Crippen LogP contribution in [0.4, 0.5) is 0 Å². The van der Waals surface area contributed by atoms with E-state index < -0.39 is 0 Å². The first kappa shape index (κ1) is 14.6. The Morgan fingerprint density at radius 1 is 1.44 bits per heavy atom. The molecule has 0 bridgehead atoms. The summed E-state index contributed by atoms with van der Waals surface area (Å²) in [6, 6.07) is 5.74. The third-order valence-corrected chi connectivity index (χ3v) is 2.38. The standard InChI is InChI=1S/C13H20N2O3/c1-3-18-13(16)11-15(8-9-17-2)10-12-6-4-5-7-14-12/h4-7H,3,8-11H2,1-2H3. The van der Waals surface area contributed by atoms with Crippen LogP contribution in [-0.4, -0.2) is 49.3 Å². The maximum Gasteiger partial charge on any atom is 0.320 e. The van der Waals surface area contributed by atoms with Gasteiger partial charge in [-0.3, -0.25) is 14.7 Å². The molecule has 1 rings (SSSR count). The third kappa shape index (κ3) is 5.75. The fraction of sp³-hybridized carbons (Fsp3) is 0.538. The maximum absolute atomic E-state index is 11.5. The smallest absolute Gasteiger partial charge is 0.320 e. The highest BCUT2D eigenvalue weighted by atomic mass is 16.5. The van der Waals surface area contributed by atoms with Crippen LogP contribution in [0.3, 0.4) is 0 Å². The minimum Gasteiger partial charge on any atom is -0.465 e.